The monoisotopic (exact) mass is 226 g/mol. The van der Waals surface area contributed by atoms with Crippen molar-refractivity contribution in [2.45, 2.75) is 20.0 Å². The third-order valence-electron chi connectivity index (χ3n) is 2.63. The number of aromatic nitrogens is 2. The van der Waals surface area contributed by atoms with E-state index in [4.69, 9.17) is 11.0 Å². The van der Waals surface area contributed by atoms with Gasteiger partial charge in [0.15, 0.2) is 0 Å². The molecule has 2 N–H and O–H groups in total. The average Bonchev–Trinajstić information content (AvgIpc) is 2.70. The van der Waals surface area contributed by atoms with Crippen LogP contribution in [0.1, 0.15) is 22.5 Å². The number of nitrogens with two attached hydrogens (primary N) is 1. The van der Waals surface area contributed by atoms with Gasteiger partial charge in [-0.05, 0) is 30.7 Å². The van der Waals surface area contributed by atoms with Crippen molar-refractivity contribution in [3.63, 3.8) is 0 Å². The van der Waals surface area contributed by atoms with E-state index in [2.05, 4.69) is 11.2 Å². The van der Waals surface area contributed by atoms with Crippen molar-refractivity contribution in [1.29, 1.82) is 5.26 Å². The van der Waals surface area contributed by atoms with Crippen molar-refractivity contribution in [1.82, 2.24) is 9.78 Å². The lowest BCUT2D eigenvalue weighted by Crippen LogP contribution is -2.05. The summed E-state index contributed by atoms with van der Waals surface area (Å²) in [5.74, 6) is 0. The van der Waals surface area contributed by atoms with Gasteiger partial charge in [-0.25, -0.2) is 0 Å². The first-order chi connectivity index (χ1) is 8.22. The summed E-state index contributed by atoms with van der Waals surface area (Å²) in [4.78, 5) is 0. The lowest BCUT2D eigenvalue weighted by molar-refractivity contribution is 0.653. The van der Waals surface area contributed by atoms with E-state index in [9.17, 15) is 0 Å². The SMILES string of the molecule is Cc1cc(CN)nn1Cc1cccc(C#N)c1. The Kier molecular flexibility index (Phi) is 3.22. The van der Waals surface area contributed by atoms with Crippen molar-refractivity contribution < 1.29 is 0 Å². The molecule has 0 amide bonds. The van der Waals surface area contributed by atoms with E-state index in [0.29, 0.717) is 18.7 Å². The fourth-order valence-corrected chi connectivity index (χ4v) is 1.75. The zero-order valence-corrected chi connectivity index (χ0v) is 9.72. The highest BCUT2D eigenvalue weighted by Crippen LogP contribution is 2.09. The molecule has 1 aromatic carbocycles. The first-order valence-electron chi connectivity index (χ1n) is 5.45. The predicted molar refractivity (Wildman–Crippen MR) is 65.1 cm³/mol. The molecule has 0 spiro atoms. The third kappa shape index (κ3) is 2.52. The zero-order valence-electron chi connectivity index (χ0n) is 9.72. The number of hydrogen-bond donors (Lipinski definition) is 1. The van der Waals surface area contributed by atoms with Gasteiger partial charge < -0.3 is 5.73 Å². The Labute approximate surface area is 100 Å². The van der Waals surface area contributed by atoms with E-state index < -0.39 is 0 Å². The number of nitrogens with zero attached hydrogens (tertiary/aromatic N) is 3. The van der Waals surface area contributed by atoms with E-state index in [1.54, 1.807) is 6.07 Å². The summed E-state index contributed by atoms with van der Waals surface area (Å²) in [7, 11) is 0. The maximum absolute atomic E-state index is 8.84. The minimum absolute atomic E-state index is 0.450. The molecule has 0 saturated carbocycles. The van der Waals surface area contributed by atoms with Gasteiger partial charge in [0, 0.05) is 12.2 Å². The van der Waals surface area contributed by atoms with Gasteiger partial charge in [-0.3, -0.25) is 4.68 Å². The van der Waals surface area contributed by atoms with E-state index in [-0.39, 0.29) is 0 Å². The summed E-state index contributed by atoms with van der Waals surface area (Å²) < 4.78 is 1.90. The maximum Gasteiger partial charge on any atom is 0.0991 e. The van der Waals surface area contributed by atoms with Gasteiger partial charge in [-0.2, -0.15) is 10.4 Å². The highest BCUT2D eigenvalue weighted by Gasteiger charge is 2.04. The molecule has 1 heterocycles. The Balaban J connectivity index is 2.25. The molecule has 4 nitrogen and oxygen atoms in total. The molecule has 17 heavy (non-hydrogen) atoms. The molecule has 86 valence electrons. The van der Waals surface area contributed by atoms with Gasteiger partial charge in [0.05, 0.1) is 23.9 Å². The number of rotatable bonds is 3. The molecular weight excluding hydrogens is 212 g/mol. The smallest absolute Gasteiger partial charge is 0.0991 e. The lowest BCUT2D eigenvalue weighted by atomic mass is 10.1. The van der Waals surface area contributed by atoms with Gasteiger partial charge in [-0.1, -0.05) is 12.1 Å². The van der Waals surface area contributed by atoms with Crippen LogP contribution in [0.25, 0.3) is 0 Å². The van der Waals surface area contributed by atoms with Crippen LogP contribution in [0, 0.1) is 18.3 Å². The van der Waals surface area contributed by atoms with Crippen molar-refractivity contribution in [2.24, 2.45) is 5.73 Å². The van der Waals surface area contributed by atoms with E-state index in [0.717, 1.165) is 17.0 Å². The van der Waals surface area contributed by atoms with Crippen LogP contribution in [0.5, 0.6) is 0 Å². The summed E-state index contributed by atoms with van der Waals surface area (Å²) in [6.07, 6.45) is 0. The Morgan fingerprint density at radius 3 is 2.88 bits per heavy atom. The topological polar surface area (TPSA) is 67.6 Å². The van der Waals surface area contributed by atoms with Crippen LogP contribution in [-0.2, 0) is 13.1 Å². The van der Waals surface area contributed by atoms with Gasteiger partial charge in [0.2, 0.25) is 0 Å². The average molecular weight is 226 g/mol. The third-order valence-corrected chi connectivity index (χ3v) is 2.63. The van der Waals surface area contributed by atoms with Crippen LogP contribution < -0.4 is 5.73 Å². The first-order valence-corrected chi connectivity index (χ1v) is 5.45. The summed E-state index contributed by atoms with van der Waals surface area (Å²) >= 11 is 0. The molecule has 0 atom stereocenters. The van der Waals surface area contributed by atoms with Crippen molar-refractivity contribution in [3.05, 3.63) is 52.8 Å². The molecular formula is C13H14N4. The lowest BCUT2D eigenvalue weighted by Gasteiger charge is -2.04. The standard InChI is InChI=1S/C13H14N4/c1-10-5-13(8-15)16-17(10)9-12-4-2-3-11(6-12)7-14/h2-6H,8-9,15H2,1H3. The molecule has 0 bridgehead atoms. The fourth-order valence-electron chi connectivity index (χ4n) is 1.75. The minimum atomic E-state index is 0.450. The molecule has 0 unspecified atom stereocenters. The van der Waals surface area contributed by atoms with Crippen molar-refractivity contribution in [3.8, 4) is 6.07 Å². The Morgan fingerprint density at radius 2 is 2.24 bits per heavy atom. The molecule has 4 heteroatoms. The molecule has 1 aromatic heterocycles. The van der Waals surface area contributed by atoms with Crippen LogP contribution in [0.2, 0.25) is 0 Å². The molecule has 0 aliphatic rings. The summed E-state index contributed by atoms with van der Waals surface area (Å²) in [5, 5.41) is 13.2. The largest absolute Gasteiger partial charge is 0.325 e. The van der Waals surface area contributed by atoms with Crippen LogP contribution in [0.4, 0.5) is 0 Å². The number of hydrogen-bond acceptors (Lipinski definition) is 3. The van der Waals surface area contributed by atoms with Gasteiger partial charge >= 0.3 is 0 Å². The van der Waals surface area contributed by atoms with E-state index >= 15 is 0 Å². The second-order valence-electron chi connectivity index (χ2n) is 3.95. The Bertz CT molecular complexity index is 563. The van der Waals surface area contributed by atoms with Crippen molar-refractivity contribution in [2.75, 3.05) is 0 Å². The van der Waals surface area contributed by atoms with Gasteiger partial charge in [0.25, 0.3) is 0 Å². The molecule has 0 aliphatic carbocycles. The Morgan fingerprint density at radius 1 is 1.41 bits per heavy atom. The Hall–Kier alpha value is -2.12. The molecule has 0 radical (unpaired) electrons. The second-order valence-corrected chi connectivity index (χ2v) is 3.95. The highest BCUT2D eigenvalue weighted by molar-refractivity contribution is 5.33. The van der Waals surface area contributed by atoms with E-state index in [1.165, 1.54) is 0 Å². The quantitative estimate of drug-likeness (QED) is 0.863. The van der Waals surface area contributed by atoms with Gasteiger partial charge in [0.1, 0.15) is 0 Å². The number of nitriles is 1. The van der Waals surface area contributed by atoms with E-state index in [1.807, 2.05) is 35.9 Å². The minimum Gasteiger partial charge on any atom is -0.325 e. The number of aryl methyl sites for hydroxylation is 1. The van der Waals surface area contributed by atoms with Crippen molar-refractivity contribution >= 4 is 0 Å². The molecule has 0 fully saturated rings. The first kappa shape index (κ1) is 11.4. The second kappa shape index (κ2) is 4.81. The molecule has 2 aromatic rings. The summed E-state index contributed by atoms with van der Waals surface area (Å²) in [6.45, 7) is 3.12. The zero-order chi connectivity index (χ0) is 12.3. The number of benzene rings is 1. The summed E-state index contributed by atoms with van der Waals surface area (Å²) in [5.41, 5.74) is 9.26. The van der Waals surface area contributed by atoms with Crippen LogP contribution in [0.15, 0.2) is 30.3 Å². The normalized spacial score (nSPS) is 10.2. The fraction of sp³-hybridized carbons (Fsp3) is 0.231. The molecule has 2 rings (SSSR count). The highest BCUT2D eigenvalue weighted by atomic mass is 15.3. The summed E-state index contributed by atoms with van der Waals surface area (Å²) in [6, 6.07) is 11.7. The maximum atomic E-state index is 8.84. The van der Waals surface area contributed by atoms with Gasteiger partial charge in [-0.15, -0.1) is 0 Å². The van der Waals surface area contributed by atoms with Crippen LogP contribution in [-0.4, -0.2) is 9.78 Å². The predicted octanol–water partition coefficient (Wildman–Crippen LogP) is 1.57. The molecule has 0 saturated heterocycles. The van der Waals surface area contributed by atoms with Crippen LogP contribution in [0.3, 0.4) is 0 Å². The molecule has 0 aliphatic heterocycles. The van der Waals surface area contributed by atoms with Crippen LogP contribution >= 0.6 is 0 Å².